The zero-order valence-corrected chi connectivity index (χ0v) is 8.46. The average molecular weight is 206 g/mol. The molecule has 3 atom stereocenters. The number of ether oxygens (including phenoxy) is 3. The van der Waals surface area contributed by atoms with Gasteiger partial charge in [-0.05, 0) is 5.56 Å². The first kappa shape index (κ1) is 9.33. The van der Waals surface area contributed by atoms with E-state index in [0.717, 1.165) is 6.61 Å². The summed E-state index contributed by atoms with van der Waals surface area (Å²) in [7, 11) is 0. The van der Waals surface area contributed by atoms with Crippen LogP contribution in [0.2, 0.25) is 0 Å². The fourth-order valence-corrected chi connectivity index (χ4v) is 1.94. The van der Waals surface area contributed by atoms with E-state index >= 15 is 0 Å². The third-order valence-corrected chi connectivity index (χ3v) is 2.86. The van der Waals surface area contributed by atoms with E-state index in [1.807, 2.05) is 18.2 Å². The van der Waals surface area contributed by atoms with Crippen LogP contribution in [0.15, 0.2) is 30.3 Å². The third-order valence-electron chi connectivity index (χ3n) is 2.86. The normalized spacial score (nSPS) is 32.7. The van der Waals surface area contributed by atoms with Gasteiger partial charge in [0.15, 0.2) is 0 Å². The molecule has 3 nitrogen and oxygen atoms in total. The molecule has 3 heteroatoms. The minimum Gasteiger partial charge on any atom is -0.374 e. The molecule has 0 N–H and O–H groups in total. The maximum absolute atomic E-state index is 5.60. The van der Waals surface area contributed by atoms with E-state index in [-0.39, 0.29) is 6.10 Å². The van der Waals surface area contributed by atoms with Gasteiger partial charge in [-0.2, -0.15) is 0 Å². The van der Waals surface area contributed by atoms with Gasteiger partial charge in [0.25, 0.3) is 0 Å². The predicted molar refractivity (Wildman–Crippen MR) is 54.5 cm³/mol. The van der Waals surface area contributed by atoms with E-state index in [1.165, 1.54) is 5.56 Å². The molecule has 0 unspecified atom stereocenters. The van der Waals surface area contributed by atoms with E-state index < -0.39 is 0 Å². The number of rotatable bonds is 4. The molecule has 0 bridgehead atoms. The van der Waals surface area contributed by atoms with Crippen LogP contribution in [0.1, 0.15) is 5.56 Å². The quantitative estimate of drug-likeness (QED) is 0.697. The largest absolute Gasteiger partial charge is 0.374 e. The van der Waals surface area contributed by atoms with Gasteiger partial charge in [-0.1, -0.05) is 30.3 Å². The smallest absolute Gasteiger partial charge is 0.115 e. The second kappa shape index (κ2) is 3.93. The van der Waals surface area contributed by atoms with Gasteiger partial charge in [0.05, 0.1) is 19.8 Å². The lowest BCUT2D eigenvalue weighted by molar-refractivity contribution is -0.0322. The van der Waals surface area contributed by atoms with Gasteiger partial charge >= 0.3 is 0 Å². The second-order valence-electron chi connectivity index (χ2n) is 4.01. The van der Waals surface area contributed by atoms with Crippen molar-refractivity contribution in [3.63, 3.8) is 0 Å². The molecule has 0 saturated carbocycles. The van der Waals surface area contributed by atoms with Crippen molar-refractivity contribution in [2.24, 2.45) is 0 Å². The van der Waals surface area contributed by atoms with Crippen molar-refractivity contribution in [3.05, 3.63) is 35.9 Å². The van der Waals surface area contributed by atoms with Crippen LogP contribution in [0.3, 0.4) is 0 Å². The Hall–Kier alpha value is -0.900. The minimum atomic E-state index is 0.152. The SMILES string of the molecule is c1ccc(COC[C@H]2OC[C@H]3O[C@@H]23)cc1. The Morgan fingerprint density at radius 3 is 2.80 bits per heavy atom. The Kier molecular flexibility index (Phi) is 2.44. The summed E-state index contributed by atoms with van der Waals surface area (Å²) in [5.41, 5.74) is 1.20. The lowest BCUT2D eigenvalue weighted by Gasteiger charge is -2.11. The standard InChI is InChI=1S/C12H14O3/c1-2-4-9(5-3-1)6-13-7-10-12-11(15-12)8-14-10/h1-5,10-12H,6-8H2/t10-,11-,12+/m1/s1. The molecule has 0 amide bonds. The molecule has 0 spiro atoms. The number of hydrogen-bond acceptors (Lipinski definition) is 3. The minimum absolute atomic E-state index is 0.152. The Labute approximate surface area is 89.0 Å². The highest BCUT2D eigenvalue weighted by Gasteiger charge is 2.51. The molecule has 2 fully saturated rings. The molecule has 0 aromatic heterocycles. The summed E-state index contributed by atoms with van der Waals surface area (Å²) in [5.74, 6) is 0. The van der Waals surface area contributed by atoms with Gasteiger partial charge in [-0.3, -0.25) is 0 Å². The number of hydrogen-bond donors (Lipinski definition) is 0. The van der Waals surface area contributed by atoms with Crippen molar-refractivity contribution in [2.75, 3.05) is 13.2 Å². The molecule has 80 valence electrons. The van der Waals surface area contributed by atoms with Gasteiger partial charge in [0, 0.05) is 0 Å². The zero-order valence-electron chi connectivity index (χ0n) is 8.46. The monoisotopic (exact) mass is 206 g/mol. The lowest BCUT2D eigenvalue weighted by Crippen LogP contribution is -2.21. The van der Waals surface area contributed by atoms with Gasteiger partial charge in [-0.25, -0.2) is 0 Å². The van der Waals surface area contributed by atoms with Crippen LogP contribution in [0.5, 0.6) is 0 Å². The van der Waals surface area contributed by atoms with Crippen molar-refractivity contribution in [2.45, 2.75) is 24.9 Å². The van der Waals surface area contributed by atoms with Crippen molar-refractivity contribution in [1.29, 1.82) is 0 Å². The van der Waals surface area contributed by atoms with Gasteiger partial charge in [0.2, 0.25) is 0 Å². The molecule has 1 aromatic rings. The van der Waals surface area contributed by atoms with Crippen LogP contribution in [0.4, 0.5) is 0 Å². The second-order valence-corrected chi connectivity index (χ2v) is 4.01. The molecular weight excluding hydrogens is 192 g/mol. The highest BCUT2D eigenvalue weighted by atomic mass is 16.7. The highest BCUT2D eigenvalue weighted by molar-refractivity contribution is 5.13. The van der Waals surface area contributed by atoms with E-state index in [9.17, 15) is 0 Å². The van der Waals surface area contributed by atoms with Crippen molar-refractivity contribution >= 4 is 0 Å². The topological polar surface area (TPSA) is 31.0 Å². The van der Waals surface area contributed by atoms with Gasteiger partial charge in [0.1, 0.15) is 18.3 Å². The maximum atomic E-state index is 5.60. The summed E-state index contributed by atoms with van der Waals surface area (Å²) in [4.78, 5) is 0. The van der Waals surface area contributed by atoms with Crippen molar-refractivity contribution < 1.29 is 14.2 Å². The molecule has 15 heavy (non-hydrogen) atoms. The summed E-state index contributed by atoms with van der Waals surface area (Å²) in [6.45, 7) is 2.03. The number of epoxide rings is 1. The molecule has 2 aliphatic heterocycles. The lowest BCUT2D eigenvalue weighted by atomic mass is 10.2. The van der Waals surface area contributed by atoms with Crippen LogP contribution in [0, 0.1) is 0 Å². The van der Waals surface area contributed by atoms with E-state index in [0.29, 0.717) is 25.4 Å². The van der Waals surface area contributed by atoms with Crippen molar-refractivity contribution in [3.8, 4) is 0 Å². The molecule has 1 aromatic carbocycles. The Morgan fingerprint density at radius 2 is 2.13 bits per heavy atom. The number of fused-ring (bicyclic) bond motifs is 1. The van der Waals surface area contributed by atoms with E-state index in [2.05, 4.69) is 12.1 Å². The van der Waals surface area contributed by atoms with Gasteiger partial charge in [-0.15, -0.1) is 0 Å². The molecule has 0 aliphatic carbocycles. The van der Waals surface area contributed by atoms with Crippen LogP contribution in [0.25, 0.3) is 0 Å². The van der Waals surface area contributed by atoms with Crippen LogP contribution < -0.4 is 0 Å². The van der Waals surface area contributed by atoms with Crippen LogP contribution >= 0.6 is 0 Å². The first-order valence-electron chi connectivity index (χ1n) is 5.32. The molecule has 2 saturated heterocycles. The number of benzene rings is 1. The predicted octanol–water partition coefficient (Wildman–Crippen LogP) is 1.37. The summed E-state index contributed by atoms with van der Waals surface area (Å²) >= 11 is 0. The first-order chi connectivity index (χ1) is 7.43. The maximum Gasteiger partial charge on any atom is 0.115 e. The summed E-state index contributed by atoms with van der Waals surface area (Å²) in [6, 6.07) is 10.2. The van der Waals surface area contributed by atoms with Crippen LogP contribution in [-0.4, -0.2) is 31.5 Å². The third kappa shape index (κ3) is 2.04. The summed E-state index contributed by atoms with van der Waals surface area (Å²) < 4.78 is 16.5. The fraction of sp³-hybridized carbons (Fsp3) is 0.500. The Balaban J connectivity index is 1.43. The molecule has 2 aliphatic rings. The highest BCUT2D eigenvalue weighted by Crippen LogP contribution is 2.34. The molecule has 3 rings (SSSR count). The summed E-state index contributed by atoms with van der Waals surface area (Å²) in [6.07, 6.45) is 0.815. The molecular formula is C12H14O3. The molecule has 0 radical (unpaired) electrons. The summed E-state index contributed by atoms with van der Waals surface area (Å²) in [5, 5.41) is 0. The van der Waals surface area contributed by atoms with E-state index in [1.54, 1.807) is 0 Å². The Morgan fingerprint density at radius 1 is 1.27 bits per heavy atom. The Bertz CT molecular complexity index is 325. The van der Waals surface area contributed by atoms with Gasteiger partial charge < -0.3 is 14.2 Å². The first-order valence-corrected chi connectivity index (χ1v) is 5.32. The molecule has 2 heterocycles. The van der Waals surface area contributed by atoms with Crippen molar-refractivity contribution in [1.82, 2.24) is 0 Å². The fourth-order valence-electron chi connectivity index (χ4n) is 1.94. The van der Waals surface area contributed by atoms with Crippen LogP contribution in [-0.2, 0) is 20.8 Å². The average Bonchev–Trinajstić information content (AvgIpc) is 2.96. The zero-order chi connectivity index (χ0) is 10.1. The van der Waals surface area contributed by atoms with E-state index in [4.69, 9.17) is 14.2 Å².